The molecule has 16 heavy (non-hydrogen) atoms. The van der Waals surface area contributed by atoms with Gasteiger partial charge in [-0.05, 0) is 54.9 Å². The second-order valence-electron chi connectivity index (χ2n) is 5.15. The van der Waals surface area contributed by atoms with E-state index in [-0.39, 0.29) is 0 Å². The summed E-state index contributed by atoms with van der Waals surface area (Å²) in [6.45, 7) is 1.11. The summed E-state index contributed by atoms with van der Waals surface area (Å²) in [5.41, 5.74) is 2.80. The normalized spacial score (nSPS) is 24.1. The van der Waals surface area contributed by atoms with Gasteiger partial charge in [0.25, 0.3) is 0 Å². The molecule has 2 nitrogen and oxygen atoms in total. The summed E-state index contributed by atoms with van der Waals surface area (Å²) in [6, 6.07) is 6.63. The van der Waals surface area contributed by atoms with Gasteiger partial charge in [-0.15, -0.1) is 0 Å². The maximum atomic E-state index is 9.43. The van der Waals surface area contributed by atoms with E-state index in [1.807, 2.05) is 12.1 Å². The maximum absolute atomic E-state index is 9.43. The van der Waals surface area contributed by atoms with Gasteiger partial charge in [0, 0.05) is 12.6 Å². The Hall–Kier alpha value is -1.02. The molecule has 1 fully saturated rings. The Balaban J connectivity index is 1.66. The van der Waals surface area contributed by atoms with Crippen LogP contribution in [0.1, 0.15) is 42.7 Å². The van der Waals surface area contributed by atoms with Gasteiger partial charge in [0.15, 0.2) is 0 Å². The lowest BCUT2D eigenvalue weighted by Crippen LogP contribution is -2.37. The van der Waals surface area contributed by atoms with E-state index in [4.69, 9.17) is 0 Å². The average molecular weight is 217 g/mol. The molecular formula is C14H19NO. The zero-order valence-electron chi connectivity index (χ0n) is 9.58. The largest absolute Gasteiger partial charge is 0.508 e. The van der Waals surface area contributed by atoms with E-state index in [0.717, 1.165) is 19.0 Å². The van der Waals surface area contributed by atoms with Crippen LogP contribution in [-0.2, 0) is 6.42 Å². The Labute approximate surface area is 96.7 Å². The quantitative estimate of drug-likeness (QED) is 0.815. The lowest BCUT2D eigenvalue weighted by atomic mass is 9.92. The van der Waals surface area contributed by atoms with Crippen LogP contribution in [0, 0.1) is 0 Å². The monoisotopic (exact) mass is 217 g/mol. The molecule has 86 valence electrons. The van der Waals surface area contributed by atoms with Gasteiger partial charge >= 0.3 is 0 Å². The molecular weight excluding hydrogens is 198 g/mol. The number of fused-ring (bicyclic) bond motifs is 1. The smallest absolute Gasteiger partial charge is 0.115 e. The van der Waals surface area contributed by atoms with Crippen LogP contribution in [-0.4, -0.2) is 17.7 Å². The average Bonchev–Trinajstić information content (AvgIpc) is 2.58. The predicted molar refractivity (Wildman–Crippen MR) is 64.8 cm³/mol. The fourth-order valence-electron chi connectivity index (χ4n) is 2.83. The molecule has 0 amide bonds. The summed E-state index contributed by atoms with van der Waals surface area (Å²) < 4.78 is 0. The van der Waals surface area contributed by atoms with Crippen LogP contribution in [0.2, 0.25) is 0 Å². The van der Waals surface area contributed by atoms with Gasteiger partial charge in [0.2, 0.25) is 0 Å². The fourth-order valence-corrected chi connectivity index (χ4v) is 2.83. The number of nitrogens with one attached hydrogen (secondary N) is 1. The van der Waals surface area contributed by atoms with E-state index in [1.165, 1.54) is 36.8 Å². The van der Waals surface area contributed by atoms with Crippen LogP contribution in [0.4, 0.5) is 0 Å². The molecule has 1 atom stereocenters. The number of aryl methyl sites for hydroxylation is 1. The molecule has 1 saturated carbocycles. The van der Waals surface area contributed by atoms with E-state index in [1.54, 1.807) is 0 Å². The first-order valence-corrected chi connectivity index (χ1v) is 6.38. The number of aromatic hydroxyl groups is 1. The highest BCUT2D eigenvalue weighted by atomic mass is 16.3. The van der Waals surface area contributed by atoms with Gasteiger partial charge in [0.05, 0.1) is 0 Å². The van der Waals surface area contributed by atoms with E-state index in [9.17, 15) is 5.11 Å². The zero-order chi connectivity index (χ0) is 11.0. The first kappa shape index (κ1) is 10.2. The van der Waals surface area contributed by atoms with Crippen molar-refractivity contribution in [3.8, 4) is 5.75 Å². The van der Waals surface area contributed by atoms with Crippen molar-refractivity contribution >= 4 is 0 Å². The molecule has 1 unspecified atom stereocenters. The molecule has 1 aromatic carbocycles. The zero-order valence-corrected chi connectivity index (χ0v) is 9.58. The second-order valence-corrected chi connectivity index (χ2v) is 5.15. The van der Waals surface area contributed by atoms with Crippen LogP contribution < -0.4 is 5.32 Å². The summed E-state index contributed by atoms with van der Waals surface area (Å²) in [6.07, 6.45) is 6.47. The lowest BCUT2D eigenvalue weighted by molar-refractivity contribution is 0.331. The van der Waals surface area contributed by atoms with E-state index >= 15 is 0 Å². The molecule has 0 aromatic heterocycles. The van der Waals surface area contributed by atoms with Crippen LogP contribution >= 0.6 is 0 Å². The summed E-state index contributed by atoms with van der Waals surface area (Å²) >= 11 is 0. The van der Waals surface area contributed by atoms with Crippen LogP contribution in [0.5, 0.6) is 5.75 Å². The molecule has 0 aliphatic heterocycles. The highest BCUT2D eigenvalue weighted by Crippen LogP contribution is 2.34. The van der Waals surface area contributed by atoms with Crippen molar-refractivity contribution in [2.24, 2.45) is 0 Å². The van der Waals surface area contributed by atoms with Gasteiger partial charge in [0.1, 0.15) is 5.75 Å². The second kappa shape index (κ2) is 4.10. The Morgan fingerprint density at radius 3 is 2.88 bits per heavy atom. The van der Waals surface area contributed by atoms with Crippen molar-refractivity contribution in [3.05, 3.63) is 29.3 Å². The molecule has 0 saturated heterocycles. The number of hydrogen-bond donors (Lipinski definition) is 2. The third-order valence-corrected chi connectivity index (χ3v) is 4.09. The number of phenols is 1. The van der Waals surface area contributed by atoms with Gasteiger partial charge in [-0.3, -0.25) is 0 Å². The van der Waals surface area contributed by atoms with Crippen molar-refractivity contribution in [2.45, 2.75) is 44.1 Å². The fraction of sp³-hybridized carbons (Fsp3) is 0.571. The minimum Gasteiger partial charge on any atom is -0.508 e. The molecule has 0 heterocycles. The highest BCUT2D eigenvalue weighted by Gasteiger charge is 2.24. The minimum atomic E-state index is 0.409. The van der Waals surface area contributed by atoms with Crippen molar-refractivity contribution < 1.29 is 5.11 Å². The first-order valence-electron chi connectivity index (χ1n) is 6.38. The van der Waals surface area contributed by atoms with Crippen molar-refractivity contribution in [1.82, 2.24) is 5.32 Å². The molecule has 1 aromatic rings. The number of phenolic OH excluding ortho intramolecular Hbond substituents is 1. The Bertz CT molecular complexity index is 384. The maximum Gasteiger partial charge on any atom is 0.115 e. The summed E-state index contributed by atoms with van der Waals surface area (Å²) in [7, 11) is 0. The number of rotatable bonds is 3. The Morgan fingerprint density at radius 2 is 2.12 bits per heavy atom. The van der Waals surface area contributed by atoms with E-state index in [2.05, 4.69) is 11.4 Å². The molecule has 0 bridgehead atoms. The van der Waals surface area contributed by atoms with Gasteiger partial charge in [-0.2, -0.15) is 0 Å². The third-order valence-electron chi connectivity index (χ3n) is 4.09. The summed E-state index contributed by atoms with van der Waals surface area (Å²) in [4.78, 5) is 0. The first-order chi connectivity index (χ1) is 7.83. The summed E-state index contributed by atoms with van der Waals surface area (Å²) in [5.74, 6) is 1.07. The van der Waals surface area contributed by atoms with E-state index < -0.39 is 0 Å². The molecule has 2 N–H and O–H groups in total. The minimum absolute atomic E-state index is 0.409. The SMILES string of the molecule is Oc1ccc2c(c1)CCC2CNC1CCC1. The van der Waals surface area contributed by atoms with Crippen LogP contribution in [0.3, 0.4) is 0 Å². The molecule has 0 spiro atoms. The number of benzene rings is 1. The van der Waals surface area contributed by atoms with E-state index in [0.29, 0.717) is 11.7 Å². The summed E-state index contributed by atoms with van der Waals surface area (Å²) in [5, 5.41) is 13.1. The molecule has 3 rings (SSSR count). The number of hydrogen-bond acceptors (Lipinski definition) is 2. The topological polar surface area (TPSA) is 32.3 Å². The molecule has 0 radical (unpaired) electrons. The lowest BCUT2D eigenvalue weighted by Gasteiger charge is -2.28. The van der Waals surface area contributed by atoms with Crippen molar-refractivity contribution in [1.29, 1.82) is 0 Å². The van der Waals surface area contributed by atoms with Crippen LogP contribution in [0.15, 0.2) is 18.2 Å². The molecule has 2 aliphatic carbocycles. The molecule has 2 heteroatoms. The van der Waals surface area contributed by atoms with Crippen molar-refractivity contribution in [3.63, 3.8) is 0 Å². The Morgan fingerprint density at radius 1 is 1.25 bits per heavy atom. The van der Waals surface area contributed by atoms with Gasteiger partial charge in [-0.1, -0.05) is 12.5 Å². The standard InChI is InChI=1S/C14H19NO/c16-13-6-7-14-10(8-13)4-5-11(14)9-15-12-2-1-3-12/h6-8,11-12,15-16H,1-5,9H2. The predicted octanol–water partition coefficient (Wildman–Crippen LogP) is 2.56. The molecule has 2 aliphatic rings. The van der Waals surface area contributed by atoms with Crippen molar-refractivity contribution in [2.75, 3.05) is 6.54 Å². The van der Waals surface area contributed by atoms with Gasteiger partial charge < -0.3 is 10.4 Å². The Kier molecular flexibility index (Phi) is 2.60. The highest BCUT2D eigenvalue weighted by molar-refractivity contribution is 5.40. The van der Waals surface area contributed by atoms with Gasteiger partial charge in [-0.25, -0.2) is 0 Å². The third kappa shape index (κ3) is 1.82. The van der Waals surface area contributed by atoms with Crippen LogP contribution in [0.25, 0.3) is 0 Å².